The molecule has 5 heteroatoms. The van der Waals surface area contributed by atoms with Crippen LogP contribution in [0.1, 0.15) is 79.7 Å². The molecule has 0 spiro atoms. The molecule has 36 heavy (non-hydrogen) atoms. The van der Waals surface area contributed by atoms with Crippen molar-refractivity contribution in [1.29, 1.82) is 0 Å². The normalized spacial score (nSPS) is 12.2. The average molecular weight is 517 g/mol. The van der Waals surface area contributed by atoms with Gasteiger partial charge in [-0.3, -0.25) is 4.79 Å². The quantitative estimate of drug-likeness (QED) is 0.269. The van der Waals surface area contributed by atoms with Gasteiger partial charge >= 0.3 is 0 Å². The van der Waals surface area contributed by atoms with Crippen molar-refractivity contribution in [3.8, 4) is 0 Å². The van der Waals surface area contributed by atoms with Crippen LogP contribution in [-0.4, -0.2) is 10.9 Å². The molecule has 0 fully saturated rings. The third-order valence-electron chi connectivity index (χ3n) is 6.54. The lowest BCUT2D eigenvalue weighted by atomic mass is 9.84. The number of thiazole rings is 1. The van der Waals surface area contributed by atoms with Gasteiger partial charge in [0.25, 0.3) is 5.91 Å². The van der Waals surface area contributed by atoms with Gasteiger partial charge in [0.1, 0.15) is 0 Å². The van der Waals surface area contributed by atoms with E-state index in [2.05, 4.69) is 72.8 Å². The number of aryl methyl sites for hydroxylation is 2. The number of anilines is 1. The number of nitrogens with zero attached hydrogens (tertiary/aromatic N) is 1. The van der Waals surface area contributed by atoms with Gasteiger partial charge in [-0.1, -0.05) is 77.6 Å². The van der Waals surface area contributed by atoms with Crippen LogP contribution in [0.2, 0.25) is 0 Å². The molecule has 1 amide bonds. The molecule has 0 aliphatic carbocycles. The summed E-state index contributed by atoms with van der Waals surface area (Å²) in [7, 11) is 0. The molecule has 0 bridgehead atoms. The van der Waals surface area contributed by atoms with Crippen LogP contribution in [0.15, 0.2) is 58.9 Å². The number of benzene rings is 3. The van der Waals surface area contributed by atoms with Gasteiger partial charge in [-0.05, 0) is 82.8 Å². The Morgan fingerprint density at radius 3 is 2.06 bits per heavy atom. The number of amides is 1. The summed E-state index contributed by atoms with van der Waals surface area (Å²) >= 11 is 3.46. The predicted octanol–water partition coefficient (Wildman–Crippen LogP) is 9.05. The first kappa shape index (κ1) is 26.4. The minimum Gasteiger partial charge on any atom is -0.322 e. The highest BCUT2D eigenvalue weighted by molar-refractivity contribution is 8.00. The van der Waals surface area contributed by atoms with Crippen molar-refractivity contribution in [2.75, 3.05) is 5.32 Å². The molecule has 3 aromatic carbocycles. The molecule has 1 aromatic heterocycles. The second-order valence-corrected chi connectivity index (χ2v) is 13.8. The lowest BCUT2D eigenvalue weighted by Crippen LogP contribution is -2.14. The topological polar surface area (TPSA) is 42.0 Å². The summed E-state index contributed by atoms with van der Waals surface area (Å²) in [6.07, 6.45) is 0. The largest absolute Gasteiger partial charge is 0.322 e. The van der Waals surface area contributed by atoms with Crippen molar-refractivity contribution in [2.45, 2.75) is 76.3 Å². The molecular formula is C31H36N2OS2. The maximum atomic E-state index is 12.8. The summed E-state index contributed by atoms with van der Waals surface area (Å²) in [5.74, 6) is 0.800. The van der Waals surface area contributed by atoms with Crippen LogP contribution >= 0.6 is 23.1 Å². The van der Waals surface area contributed by atoms with Gasteiger partial charge in [-0.15, -0.1) is 11.3 Å². The number of thioether (sulfide) groups is 1. The van der Waals surface area contributed by atoms with Gasteiger partial charge in [-0.25, -0.2) is 4.98 Å². The Balaban J connectivity index is 1.46. The molecule has 0 atom stereocenters. The molecule has 0 unspecified atom stereocenters. The molecule has 1 N–H and O–H groups in total. The van der Waals surface area contributed by atoms with Crippen LogP contribution in [0.4, 0.5) is 5.69 Å². The number of rotatable bonds is 5. The standard InChI is InChI=1S/C31H36N2OS2/c1-19-15-23(31(6,7)8)16-20(2)25(19)18-35-29-33-26-14-13-24(17-27(26)36-29)32-28(34)21-9-11-22(12-10-21)30(3,4)5/h9-17H,18H2,1-8H3,(H,32,34). The van der Waals surface area contributed by atoms with E-state index in [1.54, 1.807) is 23.1 Å². The summed E-state index contributed by atoms with van der Waals surface area (Å²) in [6.45, 7) is 17.7. The van der Waals surface area contributed by atoms with E-state index < -0.39 is 0 Å². The van der Waals surface area contributed by atoms with E-state index in [-0.39, 0.29) is 16.7 Å². The van der Waals surface area contributed by atoms with E-state index in [1.165, 1.54) is 27.8 Å². The number of carbonyl (C=O) groups excluding carboxylic acids is 1. The predicted molar refractivity (Wildman–Crippen MR) is 157 cm³/mol. The van der Waals surface area contributed by atoms with Crippen LogP contribution < -0.4 is 5.32 Å². The van der Waals surface area contributed by atoms with Crippen LogP contribution in [-0.2, 0) is 16.6 Å². The molecule has 0 radical (unpaired) electrons. The molecule has 4 aromatic rings. The van der Waals surface area contributed by atoms with Crippen molar-refractivity contribution in [3.63, 3.8) is 0 Å². The molecule has 0 saturated heterocycles. The zero-order valence-corrected chi connectivity index (χ0v) is 24.2. The third kappa shape index (κ3) is 6.01. The molecule has 1 heterocycles. The Morgan fingerprint density at radius 2 is 1.47 bits per heavy atom. The average Bonchev–Trinajstić information content (AvgIpc) is 3.19. The zero-order chi connectivity index (χ0) is 26.3. The fourth-order valence-electron chi connectivity index (χ4n) is 4.16. The Kier molecular flexibility index (Phi) is 7.36. The van der Waals surface area contributed by atoms with Gasteiger partial charge < -0.3 is 5.32 Å². The van der Waals surface area contributed by atoms with Gasteiger partial charge in [0, 0.05) is 17.0 Å². The second kappa shape index (κ2) is 10.0. The maximum absolute atomic E-state index is 12.8. The van der Waals surface area contributed by atoms with E-state index in [0.29, 0.717) is 5.56 Å². The van der Waals surface area contributed by atoms with Crippen molar-refractivity contribution >= 4 is 44.9 Å². The fourth-order valence-corrected chi connectivity index (χ4v) is 6.46. The Hall–Kier alpha value is -2.63. The number of hydrogen-bond acceptors (Lipinski definition) is 4. The van der Waals surface area contributed by atoms with Crippen LogP contribution in [0.25, 0.3) is 10.2 Å². The molecule has 3 nitrogen and oxygen atoms in total. The summed E-state index contributed by atoms with van der Waals surface area (Å²) in [5.41, 5.74) is 9.29. The van der Waals surface area contributed by atoms with Crippen LogP contribution in [0.3, 0.4) is 0 Å². The van der Waals surface area contributed by atoms with Crippen molar-refractivity contribution in [2.24, 2.45) is 0 Å². The van der Waals surface area contributed by atoms with E-state index in [9.17, 15) is 4.79 Å². The molecule has 0 aliphatic rings. The Bertz CT molecular complexity index is 1380. The van der Waals surface area contributed by atoms with E-state index in [0.717, 1.165) is 26.0 Å². The van der Waals surface area contributed by atoms with Crippen LogP contribution in [0.5, 0.6) is 0 Å². The lowest BCUT2D eigenvalue weighted by molar-refractivity contribution is 0.102. The lowest BCUT2D eigenvalue weighted by Gasteiger charge is -2.22. The summed E-state index contributed by atoms with van der Waals surface area (Å²) < 4.78 is 2.12. The second-order valence-electron chi connectivity index (χ2n) is 11.6. The summed E-state index contributed by atoms with van der Waals surface area (Å²) in [5, 5.41) is 3.04. The van der Waals surface area contributed by atoms with Crippen molar-refractivity contribution in [3.05, 3.63) is 88.0 Å². The highest BCUT2D eigenvalue weighted by atomic mass is 32.2. The zero-order valence-electron chi connectivity index (χ0n) is 22.6. The number of fused-ring (bicyclic) bond motifs is 1. The van der Waals surface area contributed by atoms with Crippen molar-refractivity contribution in [1.82, 2.24) is 4.98 Å². The fraction of sp³-hybridized carbons (Fsp3) is 0.355. The molecule has 0 saturated carbocycles. The van der Waals surface area contributed by atoms with E-state index in [4.69, 9.17) is 4.98 Å². The Morgan fingerprint density at radius 1 is 0.861 bits per heavy atom. The first-order valence-corrected chi connectivity index (χ1v) is 14.2. The highest BCUT2D eigenvalue weighted by Crippen LogP contribution is 2.35. The minimum atomic E-state index is -0.0985. The van der Waals surface area contributed by atoms with Gasteiger partial charge in [0.05, 0.1) is 10.2 Å². The number of carbonyl (C=O) groups is 1. The first-order valence-electron chi connectivity index (χ1n) is 12.4. The van der Waals surface area contributed by atoms with Gasteiger partial charge in [-0.2, -0.15) is 0 Å². The monoisotopic (exact) mass is 516 g/mol. The van der Waals surface area contributed by atoms with Crippen molar-refractivity contribution < 1.29 is 4.79 Å². The smallest absolute Gasteiger partial charge is 0.255 e. The minimum absolute atomic E-state index is 0.0647. The number of aromatic nitrogens is 1. The first-order chi connectivity index (χ1) is 16.8. The van der Waals surface area contributed by atoms with Gasteiger partial charge in [0.15, 0.2) is 4.34 Å². The summed E-state index contributed by atoms with van der Waals surface area (Å²) in [6, 6.07) is 18.4. The van der Waals surface area contributed by atoms with Crippen LogP contribution in [0, 0.1) is 13.8 Å². The summed E-state index contributed by atoms with van der Waals surface area (Å²) in [4.78, 5) is 17.6. The molecular weight excluding hydrogens is 480 g/mol. The van der Waals surface area contributed by atoms with Gasteiger partial charge in [0.2, 0.25) is 0 Å². The van der Waals surface area contributed by atoms with E-state index >= 15 is 0 Å². The molecule has 4 rings (SSSR count). The molecule has 188 valence electrons. The molecule has 0 aliphatic heterocycles. The maximum Gasteiger partial charge on any atom is 0.255 e. The van der Waals surface area contributed by atoms with E-state index in [1.807, 2.05) is 42.5 Å². The SMILES string of the molecule is Cc1cc(C(C)(C)C)cc(C)c1CSc1nc2ccc(NC(=O)c3ccc(C(C)(C)C)cc3)cc2s1. The Labute approximate surface area is 223 Å². The third-order valence-corrected chi connectivity index (χ3v) is 8.73. The number of hydrogen-bond donors (Lipinski definition) is 1. The highest BCUT2D eigenvalue weighted by Gasteiger charge is 2.17. The number of nitrogens with one attached hydrogen (secondary N) is 1.